The zero-order valence-electron chi connectivity index (χ0n) is 14.8. The normalized spacial score (nSPS) is 13.9. The van der Waals surface area contributed by atoms with E-state index in [-0.39, 0.29) is 16.7 Å². The van der Waals surface area contributed by atoms with Crippen molar-refractivity contribution in [1.82, 2.24) is 5.32 Å². The lowest BCUT2D eigenvalue weighted by Crippen LogP contribution is -2.30. The number of carbonyl (C=O) groups is 2. The predicted molar refractivity (Wildman–Crippen MR) is 102 cm³/mol. The van der Waals surface area contributed by atoms with Gasteiger partial charge in [-0.3, -0.25) is 9.59 Å². The monoisotopic (exact) mass is 389 g/mol. The summed E-state index contributed by atoms with van der Waals surface area (Å²) >= 11 is 5.85. The van der Waals surface area contributed by atoms with E-state index in [2.05, 4.69) is 11.4 Å². The lowest BCUT2D eigenvalue weighted by atomic mass is 9.97. The van der Waals surface area contributed by atoms with Gasteiger partial charge in [0, 0.05) is 17.6 Å². The Balaban J connectivity index is 1.52. The molecule has 1 amide bonds. The molecule has 0 bridgehead atoms. The molecule has 0 spiro atoms. The van der Waals surface area contributed by atoms with Crippen LogP contribution in [0.4, 0.5) is 0 Å². The van der Waals surface area contributed by atoms with Crippen molar-refractivity contribution in [2.75, 3.05) is 13.2 Å². The highest BCUT2D eigenvalue weighted by Gasteiger charge is 2.15. The number of amides is 1. The zero-order valence-corrected chi connectivity index (χ0v) is 15.5. The number of hydrogen-bond donors (Lipinski definition) is 1. The maximum Gasteiger partial charge on any atom is 0.374 e. The van der Waals surface area contributed by atoms with Crippen LogP contribution in [0.15, 0.2) is 45.1 Å². The molecular weight excluding hydrogens is 370 g/mol. The third-order valence-corrected chi connectivity index (χ3v) is 4.61. The largest absolute Gasteiger partial charge is 0.450 e. The molecule has 0 saturated carbocycles. The van der Waals surface area contributed by atoms with Crippen LogP contribution < -0.4 is 10.7 Å². The van der Waals surface area contributed by atoms with Gasteiger partial charge in [0.25, 0.3) is 5.91 Å². The van der Waals surface area contributed by atoms with Gasteiger partial charge in [-0.05, 0) is 50.3 Å². The van der Waals surface area contributed by atoms with Crippen molar-refractivity contribution in [2.24, 2.45) is 0 Å². The Morgan fingerprint density at radius 2 is 2.07 bits per heavy atom. The molecule has 3 rings (SSSR count). The molecule has 6 nitrogen and oxygen atoms in total. The van der Waals surface area contributed by atoms with Crippen LogP contribution in [-0.2, 0) is 9.53 Å². The van der Waals surface area contributed by atoms with Gasteiger partial charge >= 0.3 is 5.97 Å². The molecule has 2 aromatic rings. The molecular formula is C20H20ClNO5. The smallest absolute Gasteiger partial charge is 0.374 e. The van der Waals surface area contributed by atoms with Crippen molar-refractivity contribution < 1.29 is 18.7 Å². The number of halogens is 1. The molecule has 1 heterocycles. The minimum Gasteiger partial charge on any atom is -0.450 e. The highest BCUT2D eigenvalue weighted by Crippen LogP contribution is 2.19. The minimum atomic E-state index is -0.867. The fourth-order valence-electron chi connectivity index (χ4n) is 2.98. The van der Waals surface area contributed by atoms with Crippen LogP contribution in [0.5, 0.6) is 0 Å². The Morgan fingerprint density at radius 3 is 2.85 bits per heavy atom. The molecule has 1 N–H and O–H groups in total. The van der Waals surface area contributed by atoms with E-state index < -0.39 is 23.9 Å². The van der Waals surface area contributed by atoms with Crippen LogP contribution in [0.2, 0.25) is 5.02 Å². The number of hydrogen-bond acceptors (Lipinski definition) is 5. The Kier molecular flexibility index (Phi) is 6.29. The molecule has 0 saturated heterocycles. The van der Waals surface area contributed by atoms with Crippen LogP contribution in [0.3, 0.4) is 0 Å². The highest BCUT2D eigenvalue weighted by molar-refractivity contribution is 6.31. The molecule has 0 aliphatic heterocycles. The Labute approximate surface area is 161 Å². The van der Waals surface area contributed by atoms with Crippen molar-refractivity contribution in [1.29, 1.82) is 0 Å². The molecule has 0 radical (unpaired) electrons. The minimum absolute atomic E-state index is 0.226. The zero-order chi connectivity index (χ0) is 19.2. The molecule has 27 heavy (non-hydrogen) atoms. The van der Waals surface area contributed by atoms with Crippen LogP contribution in [-0.4, -0.2) is 25.0 Å². The van der Waals surface area contributed by atoms with Gasteiger partial charge in [0.15, 0.2) is 12.0 Å². The average molecular weight is 390 g/mol. The molecule has 1 aliphatic carbocycles. The average Bonchev–Trinajstić information content (AvgIpc) is 2.67. The van der Waals surface area contributed by atoms with Crippen molar-refractivity contribution in [3.63, 3.8) is 0 Å². The van der Waals surface area contributed by atoms with E-state index in [9.17, 15) is 14.4 Å². The Hall–Kier alpha value is -2.60. The topological polar surface area (TPSA) is 85.6 Å². The van der Waals surface area contributed by atoms with Gasteiger partial charge in [-0.2, -0.15) is 0 Å². The number of fused-ring (bicyclic) bond motifs is 1. The summed E-state index contributed by atoms with van der Waals surface area (Å²) in [5.74, 6) is -1.52. The van der Waals surface area contributed by atoms with Crippen LogP contribution >= 0.6 is 11.6 Å². The number of nitrogens with one attached hydrogen (secondary N) is 1. The maximum absolute atomic E-state index is 12.1. The number of esters is 1. The summed E-state index contributed by atoms with van der Waals surface area (Å²) in [7, 11) is 0. The van der Waals surface area contributed by atoms with Gasteiger partial charge < -0.3 is 14.5 Å². The van der Waals surface area contributed by atoms with E-state index in [1.165, 1.54) is 30.5 Å². The van der Waals surface area contributed by atoms with Gasteiger partial charge in [-0.25, -0.2) is 4.79 Å². The fraction of sp³-hybridized carbons (Fsp3) is 0.350. The first-order valence-corrected chi connectivity index (χ1v) is 9.26. The SMILES string of the molecule is O=C(COC(=O)c1cc(=O)c2cc(Cl)ccc2o1)NCCC1=CCCCC1. The summed E-state index contributed by atoms with van der Waals surface area (Å²) in [5.41, 5.74) is 1.18. The van der Waals surface area contributed by atoms with Gasteiger partial charge in [0.2, 0.25) is 5.76 Å². The van der Waals surface area contributed by atoms with Gasteiger partial charge in [-0.15, -0.1) is 0 Å². The summed E-state index contributed by atoms with van der Waals surface area (Å²) in [6.45, 7) is 0.0777. The first-order valence-electron chi connectivity index (χ1n) is 8.88. The number of benzene rings is 1. The third kappa shape index (κ3) is 5.20. The second kappa shape index (κ2) is 8.86. The van der Waals surface area contributed by atoms with Gasteiger partial charge in [-0.1, -0.05) is 23.3 Å². The number of carbonyl (C=O) groups excluding carboxylic acids is 2. The fourth-order valence-corrected chi connectivity index (χ4v) is 3.15. The summed E-state index contributed by atoms with van der Waals surface area (Å²) < 4.78 is 10.3. The number of rotatable bonds is 6. The first kappa shape index (κ1) is 19.2. The van der Waals surface area contributed by atoms with Crippen molar-refractivity contribution in [3.8, 4) is 0 Å². The second-order valence-electron chi connectivity index (χ2n) is 6.40. The summed E-state index contributed by atoms with van der Waals surface area (Å²) in [6.07, 6.45) is 7.64. The van der Waals surface area contributed by atoms with Crippen molar-refractivity contribution in [2.45, 2.75) is 32.1 Å². The van der Waals surface area contributed by atoms with E-state index in [0.717, 1.165) is 25.3 Å². The summed E-state index contributed by atoms with van der Waals surface area (Å²) in [4.78, 5) is 36.0. The Morgan fingerprint density at radius 1 is 1.22 bits per heavy atom. The third-order valence-electron chi connectivity index (χ3n) is 4.38. The van der Waals surface area contributed by atoms with Crippen molar-refractivity contribution in [3.05, 3.63) is 56.9 Å². The number of allylic oxidation sites excluding steroid dienone is 1. The van der Waals surface area contributed by atoms with E-state index in [1.54, 1.807) is 6.07 Å². The standard InChI is InChI=1S/C20H20ClNO5/c21-14-6-7-17-15(10-14)16(23)11-18(27-17)20(25)26-12-19(24)22-9-8-13-4-2-1-3-5-13/h4,6-7,10-11H,1-3,5,8-9,12H2,(H,22,24). The summed E-state index contributed by atoms with van der Waals surface area (Å²) in [5, 5.41) is 3.39. The molecule has 7 heteroatoms. The Bertz CT molecular complexity index is 947. The molecule has 1 aliphatic rings. The van der Waals surface area contributed by atoms with E-state index in [0.29, 0.717) is 11.6 Å². The van der Waals surface area contributed by atoms with Crippen LogP contribution in [0.1, 0.15) is 42.7 Å². The molecule has 0 atom stereocenters. The molecule has 1 aromatic carbocycles. The van der Waals surface area contributed by atoms with Gasteiger partial charge in [0.05, 0.1) is 5.39 Å². The molecule has 1 aromatic heterocycles. The number of ether oxygens (including phenoxy) is 1. The predicted octanol–water partition coefficient (Wildman–Crippen LogP) is 3.61. The molecule has 142 valence electrons. The lowest BCUT2D eigenvalue weighted by Gasteiger charge is -2.13. The molecule has 0 fully saturated rings. The van der Waals surface area contributed by atoms with E-state index >= 15 is 0 Å². The first-order chi connectivity index (χ1) is 13.0. The second-order valence-corrected chi connectivity index (χ2v) is 6.84. The lowest BCUT2D eigenvalue weighted by molar-refractivity contribution is -0.124. The summed E-state index contributed by atoms with van der Waals surface area (Å²) in [6, 6.07) is 5.56. The molecule has 0 unspecified atom stereocenters. The van der Waals surface area contributed by atoms with E-state index in [4.69, 9.17) is 20.8 Å². The van der Waals surface area contributed by atoms with Crippen molar-refractivity contribution >= 4 is 34.4 Å². The maximum atomic E-state index is 12.1. The quantitative estimate of drug-likeness (QED) is 0.602. The van der Waals surface area contributed by atoms with Gasteiger partial charge in [0.1, 0.15) is 5.58 Å². The van der Waals surface area contributed by atoms with Crippen LogP contribution in [0.25, 0.3) is 11.0 Å². The van der Waals surface area contributed by atoms with Crippen LogP contribution in [0, 0.1) is 0 Å². The highest BCUT2D eigenvalue weighted by atomic mass is 35.5. The van der Waals surface area contributed by atoms with E-state index in [1.807, 2.05) is 0 Å².